The lowest BCUT2D eigenvalue weighted by molar-refractivity contribution is 0.0784. The molecule has 3 nitrogen and oxygen atoms in total. The number of nitrogen functional groups attached to an aromatic ring is 1. The van der Waals surface area contributed by atoms with Crippen LogP contribution in [0.1, 0.15) is 21.5 Å². The molecule has 0 fully saturated rings. The molecule has 2 rings (SSSR count). The SMILES string of the molecule is Cc1c(N)cc(Br)cc1C(=O)N(C)Cc1cccc(Cl)c1. The van der Waals surface area contributed by atoms with Crippen molar-refractivity contribution in [3.8, 4) is 0 Å². The number of rotatable bonds is 3. The smallest absolute Gasteiger partial charge is 0.254 e. The zero-order chi connectivity index (χ0) is 15.6. The van der Waals surface area contributed by atoms with Crippen LogP contribution in [0.15, 0.2) is 40.9 Å². The van der Waals surface area contributed by atoms with Crippen molar-refractivity contribution < 1.29 is 4.79 Å². The van der Waals surface area contributed by atoms with Crippen LogP contribution < -0.4 is 5.73 Å². The maximum atomic E-state index is 12.6. The first-order valence-electron chi connectivity index (χ1n) is 6.44. The second kappa shape index (κ2) is 6.50. The van der Waals surface area contributed by atoms with Crippen molar-refractivity contribution in [1.82, 2.24) is 4.90 Å². The lowest BCUT2D eigenvalue weighted by Crippen LogP contribution is -2.27. The number of nitrogens with two attached hydrogens (primary N) is 1. The first-order chi connectivity index (χ1) is 9.88. The Hall–Kier alpha value is -1.52. The highest BCUT2D eigenvalue weighted by Crippen LogP contribution is 2.24. The third-order valence-electron chi connectivity index (χ3n) is 3.30. The summed E-state index contributed by atoms with van der Waals surface area (Å²) in [5.41, 5.74) is 8.90. The van der Waals surface area contributed by atoms with Crippen LogP contribution in [0, 0.1) is 6.92 Å². The van der Waals surface area contributed by atoms with Crippen molar-refractivity contribution in [1.29, 1.82) is 0 Å². The summed E-state index contributed by atoms with van der Waals surface area (Å²) < 4.78 is 0.796. The molecule has 1 amide bonds. The fourth-order valence-electron chi connectivity index (χ4n) is 2.11. The highest BCUT2D eigenvalue weighted by Gasteiger charge is 2.16. The van der Waals surface area contributed by atoms with Crippen molar-refractivity contribution in [2.45, 2.75) is 13.5 Å². The van der Waals surface area contributed by atoms with Crippen LogP contribution in [0.25, 0.3) is 0 Å². The molecule has 0 aliphatic rings. The second-order valence-corrected chi connectivity index (χ2v) is 6.31. The van der Waals surface area contributed by atoms with Gasteiger partial charge in [-0.15, -0.1) is 0 Å². The Bertz CT molecular complexity index is 688. The number of anilines is 1. The molecule has 0 radical (unpaired) electrons. The molecule has 0 bridgehead atoms. The van der Waals surface area contributed by atoms with E-state index in [1.807, 2.05) is 31.2 Å². The molecule has 0 saturated carbocycles. The van der Waals surface area contributed by atoms with E-state index in [-0.39, 0.29) is 5.91 Å². The normalized spacial score (nSPS) is 10.5. The molecule has 110 valence electrons. The van der Waals surface area contributed by atoms with Gasteiger partial charge in [-0.25, -0.2) is 0 Å². The van der Waals surface area contributed by atoms with Gasteiger partial charge in [0.2, 0.25) is 0 Å². The molecule has 0 atom stereocenters. The number of amides is 1. The molecule has 0 aliphatic carbocycles. The van der Waals surface area contributed by atoms with E-state index in [2.05, 4.69) is 15.9 Å². The largest absolute Gasteiger partial charge is 0.398 e. The summed E-state index contributed by atoms with van der Waals surface area (Å²) in [6.45, 7) is 2.34. The molecule has 0 heterocycles. The average molecular weight is 368 g/mol. The zero-order valence-electron chi connectivity index (χ0n) is 11.9. The average Bonchev–Trinajstić information content (AvgIpc) is 2.42. The van der Waals surface area contributed by atoms with Gasteiger partial charge >= 0.3 is 0 Å². The highest BCUT2D eigenvalue weighted by atomic mass is 79.9. The van der Waals surface area contributed by atoms with E-state index in [9.17, 15) is 4.79 Å². The van der Waals surface area contributed by atoms with Crippen LogP contribution in [-0.2, 0) is 6.54 Å². The highest BCUT2D eigenvalue weighted by molar-refractivity contribution is 9.10. The lowest BCUT2D eigenvalue weighted by Gasteiger charge is -2.19. The van der Waals surface area contributed by atoms with Crippen molar-refractivity contribution in [3.63, 3.8) is 0 Å². The van der Waals surface area contributed by atoms with E-state index < -0.39 is 0 Å². The van der Waals surface area contributed by atoms with Gasteiger partial charge in [-0.2, -0.15) is 0 Å². The Labute approximate surface area is 137 Å². The Morgan fingerprint density at radius 1 is 1.33 bits per heavy atom. The summed E-state index contributed by atoms with van der Waals surface area (Å²) >= 11 is 9.34. The Balaban J connectivity index is 2.24. The van der Waals surface area contributed by atoms with Crippen LogP contribution in [0.2, 0.25) is 5.02 Å². The number of carbonyl (C=O) groups is 1. The fraction of sp³-hybridized carbons (Fsp3) is 0.188. The first kappa shape index (κ1) is 15.9. The minimum Gasteiger partial charge on any atom is -0.398 e. The summed E-state index contributed by atoms with van der Waals surface area (Å²) in [6.07, 6.45) is 0. The minimum absolute atomic E-state index is 0.0690. The zero-order valence-corrected chi connectivity index (χ0v) is 14.2. The predicted octanol–water partition coefficient (Wildman–Crippen LogP) is 4.27. The van der Waals surface area contributed by atoms with Crippen LogP contribution in [0.5, 0.6) is 0 Å². The van der Waals surface area contributed by atoms with Gasteiger partial charge in [0.15, 0.2) is 0 Å². The van der Waals surface area contributed by atoms with Gasteiger partial charge in [0.25, 0.3) is 5.91 Å². The van der Waals surface area contributed by atoms with Gasteiger partial charge in [0.1, 0.15) is 0 Å². The number of hydrogen-bond acceptors (Lipinski definition) is 2. The monoisotopic (exact) mass is 366 g/mol. The molecule has 2 aromatic carbocycles. The molecule has 21 heavy (non-hydrogen) atoms. The van der Waals surface area contributed by atoms with E-state index in [4.69, 9.17) is 17.3 Å². The van der Waals surface area contributed by atoms with Crippen molar-refractivity contribution in [2.75, 3.05) is 12.8 Å². The number of hydrogen-bond donors (Lipinski definition) is 1. The van der Waals surface area contributed by atoms with Crippen LogP contribution in [0.3, 0.4) is 0 Å². The van der Waals surface area contributed by atoms with E-state index in [1.54, 1.807) is 24.1 Å². The van der Waals surface area contributed by atoms with E-state index in [0.717, 1.165) is 15.6 Å². The van der Waals surface area contributed by atoms with Gasteiger partial charge < -0.3 is 10.6 Å². The molecular weight excluding hydrogens is 352 g/mol. The summed E-state index contributed by atoms with van der Waals surface area (Å²) in [5.74, 6) is -0.0690. The van der Waals surface area contributed by atoms with Crippen molar-refractivity contribution >= 4 is 39.1 Å². The van der Waals surface area contributed by atoms with Crippen LogP contribution >= 0.6 is 27.5 Å². The van der Waals surface area contributed by atoms with Gasteiger partial charge in [-0.3, -0.25) is 4.79 Å². The molecule has 2 N–H and O–H groups in total. The third-order valence-corrected chi connectivity index (χ3v) is 3.99. The van der Waals surface area contributed by atoms with Gasteiger partial charge in [-0.1, -0.05) is 39.7 Å². The van der Waals surface area contributed by atoms with Gasteiger partial charge in [0, 0.05) is 34.3 Å². The molecule has 0 aliphatic heterocycles. The fourth-order valence-corrected chi connectivity index (χ4v) is 2.80. The van der Waals surface area contributed by atoms with Gasteiger partial charge in [-0.05, 0) is 42.3 Å². The Morgan fingerprint density at radius 3 is 2.71 bits per heavy atom. The van der Waals surface area contributed by atoms with Crippen molar-refractivity contribution in [2.24, 2.45) is 0 Å². The molecule has 0 spiro atoms. The summed E-state index contributed by atoms with van der Waals surface area (Å²) in [6, 6.07) is 11.1. The van der Waals surface area contributed by atoms with E-state index >= 15 is 0 Å². The van der Waals surface area contributed by atoms with E-state index in [0.29, 0.717) is 22.8 Å². The molecule has 0 saturated heterocycles. The minimum atomic E-state index is -0.0690. The molecule has 0 unspecified atom stereocenters. The third kappa shape index (κ3) is 3.77. The number of carbonyl (C=O) groups excluding carboxylic acids is 1. The maximum absolute atomic E-state index is 12.6. The molecule has 5 heteroatoms. The Morgan fingerprint density at radius 2 is 2.05 bits per heavy atom. The van der Waals surface area contributed by atoms with Crippen LogP contribution in [-0.4, -0.2) is 17.9 Å². The molecular formula is C16H16BrClN2O. The van der Waals surface area contributed by atoms with Crippen LogP contribution in [0.4, 0.5) is 5.69 Å². The Kier molecular flexibility index (Phi) is 4.91. The number of benzene rings is 2. The summed E-state index contributed by atoms with van der Waals surface area (Å²) in [7, 11) is 1.76. The quantitative estimate of drug-likeness (QED) is 0.824. The maximum Gasteiger partial charge on any atom is 0.254 e. The standard InChI is InChI=1S/C16H16BrClN2O/c1-10-14(7-12(17)8-15(10)19)16(21)20(2)9-11-4-3-5-13(18)6-11/h3-8H,9,19H2,1-2H3. The van der Waals surface area contributed by atoms with Gasteiger partial charge in [0.05, 0.1) is 0 Å². The first-order valence-corrected chi connectivity index (χ1v) is 7.61. The van der Waals surface area contributed by atoms with E-state index in [1.165, 1.54) is 0 Å². The summed E-state index contributed by atoms with van der Waals surface area (Å²) in [4.78, 5) is 14.2. The second-order valence-electron chi connectivity index (χ2n) is 4.96. The van der Waals surface area contributed by atoms with Crippen molar-refractivity contribution in [3.05, 3.63) is 62.6 Å². The molecule has 2 aromatic rings. The predicted molar refractivity (Wildman–Crippen MR) is 90.5 cm³/mol. The number of nitrogens with zero attached hydrogens (tertiary/aromatic N) is 1. The lowest BCUT2D eigenvalue weighted by atomic mass is 10.1. The topological polar surface area (TPSA) is 46.3 Å². The molecule has 0 aromatic heterocycles. The summed E-state index contributed by atoms with van der Waals surface area (Å²) in [5, 5.41) is 0.663. The number of halogens is 2.